The molecule has 19 heavy (non-hydrogen) atoms. The Labute approximate surface area is 112 Å². The maximum atomic E-state index is 12.1. The zero-order valence-corrected chi connectivity index (χ0v) is 12.0. The Morgan fingerprint density at radius 3 is 2.37 bits per heavy atom. The number of carbonyl (C=O) groups is 3. The molecule has 4 amide bonds. The van der Waals surface area contributed by atoms with Gasteiger partial charge in [0.1, 0.15) is 15.8 Å². The third kappa shape index (κ3) is 3.76. The van der Waals surface area contributed by atoms with E-state index >= 15 is 0 Å². The van der Waals surface area contributed by atoms with Gasteiger partial charge in [0.2, 0.25) is 11.8 Å². The van der Waals surface area contributed by atoms with Crippen LogP contribution in [0.4, 0.5) is 4.79 Å². The fourth-order valence-electron chi connectivity index (χ4n) is 2.11. The molecule has 0 radical (unpaired) electrons. The van der Waals surface area contributed by atoms with Crippen LogP contribution in [0, 0.1) is 5.92 Å². The lowest BCUT2D eigenvalue weighted by molar-refractivity contribution is -0.143. The summed E-state index contributed by atoms with van der Waals surface area (Å²) >= 11 is 0. The van der Waals surface area contributed by atoms with Gasteiger partial charge in [-0.15, -0.1) is 0 Å². The molecule has 0 bridgehead atoms. The number of sulfone groups is 1. The highest BCUT2D eigenvalue weighted by molar-refractivity contribution is 7.90. The Morgan fingerprint density at radius 1 is 1.32 bits per heavy atom. The van der Waals surface area contributed by atoms with Gasteiger partial charge in [0.25, 0.3) is 0 Å². The molecule has 1 rings (SSSR count). The Hall–Kier alpha value is -1.44. The predicted octanol–water partition coefficient (Wildman–Crippen LogP) is -0.0858. The highest BCUT2D eigenvalue weighted by Gasteiger charge is 2.42. The number of nitrogens with one attached hydrogen (secondary N) is 1. The van der Waals surface area contributed by atoms with E-state index < -0.39 is 39.6 Å². The highest BCUT2D eigenvalue weighted by Crippen LogP contribution is 2.18. The molecule has 108 valence electrons. The number of barbiturate groups is 1. The van der Waals surface area contributed by atoms with E-state index in [0.717, 1.165) is 11.2 Å². The second kappa shape index (κ2) is 5.68. The second-order valence-electron chi connectivity index (χ2n) is 4.79. The van der Waals surface area contributed by atoms with E-state index in [4.69, 9.17) is 0 Å². The van der Waals surface area contributed by atoms with Gasteiger partial charge in [0, 0.05) is 6.26 Å². The minimum absolute atomic E-state index is 0.320. The number of urea groups is 1. The first-order chi connectivity index (χ1) is 8.67. The SMILES string of the molecule is CCCC1C(=O)NC(=O)N(C(C)CS(C)(=O)=O)C1=O. The summed E-state index contributed by atoms with van der Waals surface area (Å²) in [5.41, 5.74) is 0. The molecule has 1 heterocycles. The van der Waals surface area contributed by atoms with Crippen molar-refractivity contribution in [1.82, 2.24) is 10.2 Å². The molecule has 1 fully saturated rings. The molecule has 0 aromatic carbocycles. The molecule has 8 heteroatoms. The van der Waals surface area contributed by atoms with Crippen molar-refractivity contribution in [2.45, 2.75) is 32.7 Å². The van der Waals surface area contributed by atoms with Crippen LogP contribution in [-0.2, 0) is 19.4 Å². The van der Waals surface area contributed by atoms with Crippen LogP contribution in [0.25, 0.3) is 0 Å². The smallest absolute Gasteiger partial charge is 0.277 e. The first-order valence-electron chi connectivity index (χ1n) is 6.03. The molecule has 0 spiro atoms. The van der Waals surface area contributed by atoms with E-state index in [1.165, 1.54) is 6.92 Å². The average Bonchev–Trinajstić information content (AvgIpc) is 2.21. The molecule has 1 aliphatic heterocycles. The third-order valence-electron chi connectivity index (χ3n) is 2.86. The Kier molecular flexibility index (Phi) is 4.67. The number of amides is 4. The molecule has 0 aromatic heterocycles. The number of imide groups is 2. The summed E-state index contributed by atoms with van der Waals surface area (Å²) in [5.74, 6) is -2.46. The lowest BCUT2D eigenvalue weighted by Crippen LogP contribution is -2.61. The summed E-state index contributed by atoms with van der Waals surface area (Å²) in [5, 5.41) is 2.09. The number of nitrogens with zero attached hydrogens (tertiary/aromatic N) is 1. The monoisotopic (exact) mass is 290 g/mol. The van der Waals surface area contributed by atoms with Crippen LogP contribution in [0.1, 0.15) is 26.7 Å². The molecule has 1 saturated heterocycles. The standard InChI is InChI=1S/C11H18N2O5S/c1-4-5-8-9(14)12-11(16)13(10(8)15)7(2)6-19(3,17)18/h7-8H,4-6H2,1-3H3,(H,12,14,16). The lowest BCUT2D eigenvalue weighted by atomic mass is 9.98. The van der Waals surface area contributed by atoms with Crippen LogP contribution in [-0.4, -0.2) is 49.2 Å². The normalized spacial score (nSPS) is 22.4. The van der Waals surface area contributed by atoms with Crippen LogP contribution >= 0.6 is 0 Å². The molecule has 2 atom stereocenters. The number of hydrogen-bond acceptors (Lipinski definition) is 5. The summed E-state index contributed by atoms with van der Waals surface area (Å²) in [7, 11) is -3.32. The molecular weight excluding hydrogens is 272 g/mol. The summed E-state index contributed by atoms with van der Waals surface area (Å²) in [4.78, 5) is 36.2. The van der Waals surface area contributed by atoms with Gasteiger partial charge in [-0.2, -0.15) is 0 Å². The van der Waals surface area contributed by atoms with Gasteiger partial charge in [-0.05, 0) is 13.3 Å². The molecule has 2 unspecified atom stereocenters. The van der Waals surface area contributed by atoms with Crippen LogP contribution in [0.5, 0.6) is 0 Å². The molecule has 7 nitrogen and oxygen atoms in total. The highest BCUT2D eigenvalue weighted by atomic mass is 32.2. The number of hydrogen-bond donors (Lipinski definition) is 1. The maximum absolute atomic E-state index is 12.1. The van der Waals surface area contributed by atoms with Gasteiger partial charge < -0.3 is 0 Å². The topological polar surface area (TPSA) is 101 Å². The Morgan fingerprint density at radius 2 is 1.89 bits per heavy atom. The quantitative estimate of drug-likeness (QED) is 0.713. The van der Waals surface area contributed by atoms with Gasteiger partial charge in [0.15, 0.2) is 0 Å². The van der Waals surface area contributed by atoms with Crippen molar-refractivity contribution in [2.24, 2.45) is 5.92 Å². The summed E-state index contributed by atoms with van der Waals surface area (Å²) in [6.07, 6.45) is 1.98. The zero-order chi connectivity index (χ0) is 14.8. The minimum Gasteiger partial charge on any atom is -0.277 e. The average molecular weight is 290 g/mol. The summed E-state index contributed by atoms with van der Waals surface area (Å²) < 4.78 is 22.5. The molecule has 1 aliphatic rings. The maximum Gasteiger partial charge on any atom is 0.331 e. The minimum atomic E-state index is -3.32. The second-order valence-corrected chi connectivity index (χ2v) is 6.97. The van der Waals surface area contributed by atoms with Crippen LogP contribution in [0.3, 0.4) is 0 Å². The summed E-state index contributed by atoms with van der Waals surface area (Å²) in [6.45, 7) is 3.29. The molecular formula is C11H18N2O5S. The fraction of sp³-hybridized carbons (Fsp3) is 0.727. The van der Waals surface area contributed by atoms with Gasteiger partial charge in [-0.3, -0.25) is 19.8 Å². The van der Waals surface area contributed by atoms with Crippen molar-refractivity contribution in [1.29, 1.82) is 0 Å². The first kappa shape index (κ1) is 15.6. The third-order valence-corrected chi connectivity index (χ3v) is 3.95. The van der Waals surface area contributed by atoms with Crippen molar-refractivity contribution in [3.05, 3.63) is 0 Å². The summed E-state index contributed by atoms with van der Waals surface area (Å²) in [6, 6.07) is -1.64. The van der Waals surface area contributed by atoms with Crippen molar-refractivity contribution >= 4 is 27.7 Å². The lowest BCUT2D eigenvalue weighted by Gasteiger charge is -2.33. The van der Waals surface area contributed by atoms with E-state index in [1.807, 2.05) is 6.92 Å². The largest absolute Gasteiger partial charge is 0.331 e. The number of rotatable bonds is 5. The van der Waals surface area contributed by atoms with Gasteiger partial charge in [0.05, 0.1) is 11.8 Å². The predicted molar refractivity (Wildman–Crippen MR) is 68.0 cm³/mol. The van der Waals surface area contributed by atoms with Crippen molar-refractivity contribution in [3.63, 3.8) is 0 Å². The van der Waals surface area contributed by atoms with Crippen molar-refractivity contribution in [2.75, 3.05) is 12.0 Å². The number of carbonyl (C=O) groups excluding carboxylic acids is 3. The van der Waals surface area contributed by atoms with Gasteiger partial charge >= 0.3 is 6.03 Å². The Balaban J connectivity index is 2.95. The zero-order valence-electron chi connectivity index (χ0n) is 11.2. The molecule has 1 N–H and O–H groups in total. The molecule has 0 aliphatic carbocycles. The van der Waals surface area contributed by atoms with E-state index in [0.29, 0.717) is 12.8 Å². The van der Waals surface area contributed by atoms with Crippen LogP contribution in [0.2, 0.25) is 0 Å². The fourth-order valence-corrected chi connectivity index (χ4v) is 3.13. The van der Waals surface area contributed by atoms with E-state index in [-0.39, 0.29) is 5.75 Å². The molecule has 0 saturated carbocycles. The van der Waals surface area contributed by atoms with E-state index in [2.05, 4.69) is 5.32 Å². The van der Waals surface area contributed by atoms with Crippen molar-refractivity contribution in [3.8, 4) is 0 Å². The van der Waals surface area contributed by atoms with Crippen LogP contribution < -0.4 is 5.32 Å². The van der Waals surface area contributed by atoms with Gasteiger partial charge in [-0.1, -0.05) is 13.3 Å². The van der Waals surface area contributed by atoms with E-state index in [9.17, 15) is 22.8 Å². The van der Waals surface area contributed by atoms with Crippen molar-refractivity contribution < 1.29 is 22.8 Å². The molecule has 0 aromatic rings. The Bertz CT molecular complexity index is 499. The first-order valence-corrected chi connectivity index (χ1v) is 8.09. The van der Waals surface area contributed by atoms with Gasteiger partial charge in [-0.25, -0.2) is 13.2 Å². The van der Waals surface area contributed by atoms with Crippen LogP contribution in [0.15, 0.2) is 0 Å². The van der Waals surface area contributed by atoms with E-state index in [1.54, 1.807) is 0 Å².